The SMILES string of the molecule is COc1cncc(C(=C(c2ccc(C=CC(=O)O)cc2)c2ccc3n[nH]c(F)c3c2)C2CCC2)c1. The zero-order valence-corrected chi connectivity index (χ0v) is 19.2. The summed E-state index contributed by atoms with van der Waals surface area (Å²) in [5.74, 6) is -0.467. The van der Waals surface area contributed by atoms with E-state index in [-0.39, 0.29) is 0 Å². The second-order valence-electron chi connectivity index (χ2n) is 8.59. The number of halogens is 1. The van der Waals surface area contributed by atoms with Gasteiger partial charge in [-0.1, -0.05) is 36.8 Å². The Morgan fingerprint density at radius 1 is 1.09 bits per heavy atom. The number of allylic oxidation sites excluding steroid dienone is 1. The minimum absolute atomic E-state index is 0.329. The number of rotatable bonds is 7. The lowest BCUT2D eigenvalue weighted by Crippen LogP contribution is -2.15. The third-order valence-corrected chi connectivity index (χ3v) is 6.46. The first kappa shape index (κ1) is 22.5. The Kier molecular flexibility index (Phi) is 6.14. The van der Waals surface area contributed by atoms with Crippen molar-refractivity contribution in [2.24, 2.45) is 5.92 Å². The highest BCUT2D eigenvalue weighted by atomic mass is 19.1. The fourth-order valence-corrected chi connectivity index (χ4v) is 4.50. The van der Waals surface area contributed by atoms with Crippen LogP contribution in [0.5, 0.6) is 5.75 Å². The highest BCUT2D eigenvalue weighted by Crippen LogP contribution is 2.45. The number of pyridine rings is 1. The summed E-state index contributed by atoms with van der Waals surface area (Å²) in [5, 5.41) is 15.8. The molecule has 1 fully saturated rings. The zero-order chi connectivity index (χ0) is 24.4. The third-order valence-electron chi connectivity index (χ3n) is 6.46. The van der Waals surface area contributed by atoms with Crippen LogP contribution in [0, 0.1) is 11.9 Å². The van der Waals surface area contributed by atoms with E-state index in [4.69, 9.17) is 9.84 Å². The number of nitrogens with zero attached hydrogens (tertiary/aromatic N) is 2. The van der Waals surface area contributed by atoms with Crippen LogP contribution in [-0.4, -0.2) is 33.4 Å². The molecule has 0 saturated heterocycles. The maximum atomic E-state index is 14.4. The van der Waals surface area contributed by atoms with E-state index in [1.807, 2.05) is 54.7 Å². The smallest absolute Gasteiger partial charge is 0.328 e. The number of benzene rings is 2. The highest BCUT2D eigenvalue weighted by molar-refractivity contribution is 6.01. The quantitative estimate of drug-likeness (QED) is 0.326. The van der Waals surface area contributed by atoms with E-state index in [0.29, 0.717) is 22.6 Å². The molecule has 0 bridgehead atoms. The summed E-state index contributed by atoms with van der Waals surface area (Å²) in [6.07, 6.45) is 9.45. The number of aromatic amines is 1. The highest BCUT2D eigenvalue weighted by Gasteiger charge is 2.28. The van der Waals surface area contributed by atoms with Crippen LogP contribution in [0.3, 0.4) is 0 Å². The number of carboxylic acids is 1. The molecule has 2 aromatic heterocycles. The van der Waals surface area contributed by atoms with Crippen molar-refractivity contribution in [2.45, 2.75) is 19.3 Å². The minimum atomic E-state index is -0.997. The lowest BCUT2D eigenvalue weighted by molar-refractivity contribution is -0.131. The fraction of sp³-hybridized carbons (Fsp3) is 0.179. The second-order valence-corrected chi connectivity index (χ2v) is 8.59. The van der Waals surface area contributed by atoms with Gasteiger partial charge < -0.3 is 9.84 Å². The van der Waals surface area contributed by atoms with Crippen LogP contribution in [-0.2, 0) is 4.79 Å². The number of hydrogen-bond donors (Lipinski definition) is 2. The number of aromatic nitrogens is 3. The average Bonchev–Trinajstić information content (AvgIpc) is 3.22. The number of fused-ring (bicyclic) bond motifs is 1. The van der Waals surface area contributed by atoms with Gasteiger partial charge in [-0.3, -0.25) is 10.1 Å². The summed E-state index contributed by atoms with van der Waals surface area (Å²) >= 11 is 0. The molecule has 2 aromatic carbocycles. The topological polar surface area (TPSA) is 88.1 Å². The van der Waals surface area contributed by atoms with Crippen molar-refractivity contribution >= 4 is 34.1 Å². The summed E-state index contributed by atoms with van der Waals surface area (Å²) in [4.78, 5) is 15.3. The summed E-state index contributed by atoms with van der Waals surface area (Å²) in [6, 6.07) is 15.3. The van der Waals surface area contributed by atoms with Crippen LogP contribution >= 0.6 is 0 Å². The Morgan fingerprint density at radius 3 is 2.54 bits per heavy atom. The predicted octanol–water partition coefficient (Wildman–Crippen LogP) is 5.96. The molecule has 7 heteroatoms. The third kappa shape index (κ3) is 4.57. The largest absolute Gasteiger partial charge is 0.495 e. The van der Waals surface area contributed by atoms with Gasteiger partial charge in [-0.05, 0) is 70.9 Å². The molecule has 0 atom stereocenters. The Labute approximate surface area is 201 Å². The first-order chi connectivity index (χ1) is 17.0. The first-order valence-electron chi connectivity index (χ1n) is 11.4. The second kappa shape index (κ2) is 9.54. The van der Waals surface area contributed by atoms with Gasteiger partial charge in [-0.25, -0.2) is 4.79 Å². The maximum Gasteiger partial charge on any atom is 0.328 e. The number of H-pyrrole nitrogens is 1. The zero-order valence-electron chi connectivity index (χ0n) is 19.2. The van der Waals surface area contributed by atoms with Crippen LogP contribution in [0.1, 0.15) is 41.5 Å². The van der Waals surface area contributed by atoms with Crippen molar-refractivity contribution in [2.75, 3.05) is 7.11 Å². The van der Waals surface area contributed by atoms with Gasteiger partial charge in [0.15, 0.2) is 0 Å². The minimum Gasteiger partial charge on any atom is -0.495 e. The number of ether oxygens (including phenoxy) is 1. The van der Waals surface area contributed by atoms with E-state index in [9.17, 15) is 9.18 Å². The van der Waals surface area contributed by atoms with Crippen LogP contribution < -0.4 is 4.74 Å². The number of aliphatic carboxylic acids is 1. The van der Waals surface area contributed by atoms with E-state index < -0.39 is 11.9 Å². The molecule has 2 heterocycles. The molecule has 1 aliphatic rings. The molecule has 0 unspecified atom stereocenters. The van der Waals surface area contributed by atoms with E-state index in [0.717, 1.165) is 58.7 Å². The van der Waals surface area contributed by atoms with Gasteiger partial charge in [0.05, 0.1) is 24.2 Å². The molecular weight excluding hydrogens is 445 g/mol. The van der Waals surface area contributed by atoms with Gasteiger partial charge >= 0.3 is 5.97 Å². The molecule has 176 valence electrons. The molecule has 0 aliphatic heterocycles. The van der Waals surface area contributed by atoms with Crippen molar-refractivity contribution < 1.29 is 19.0 Å². The molecule has 1 saturated carbocycles. The summed E-state index contributed by atoms with van der Waals surface area (Å²) < 4.78 is 19.9. The van der Waals surface area contributed by atoms with E-state index >= 15 is 0 Å². The molecular formula is C28H24FN3O3. The summed E-state index contributed by atoms with van der Waals surface area (Å²) in [7, 11) is 1.62. The summed E-state index contributed by atoms with van der Waals surface area (Å²) in [6.45, 7) is 0. The Hall–Kier alpha value is -4.26. The van der Waals surface area contributed by atoms with Crippen LogP contribution in [0.4, 0.5) is 4.39 Å². The molecule has 6 nitrogen and oxygen atoms in total. The van der Waals surface area contributed by atoms with Gasteiger partial charge in [0.25, 0.3) is 0 Å². The van der Waals surface area contributed by atoms with Crippen molar-refractivity contribution in [1.82, 2.24) is 15.2 Å². The maximum absolute atomic E-state index is 14.4. The number of nitrogens with one attached hydrogen (secondary N) is 1. The Balaban J connectivity index is 1.74. The standard InChI is InChI=1S/C28H24FN3O3/c1-35-22-13-21(15-30-16-22)27(18-3-2-4-18)26(19-8-5-17(6-9-19)7-12-25(33)34)20-10-11-24-23(14-20)28(29)32-31-24/h5-16,18H,2-4H2,1H3,(H,31,32)(H,33,34). The fourth-order valence-electron chi connectivity index (χ4n) is 4.50. The van der Waals surface area contributed by atoms with Crippen LogP contribution in [0.2, 0.25) is 0 Å². The van der Waals surface area contributed by atoms with Crippen molar-refractivity contribution in [3.05, 3.63) is 95.2 Å². The predicted molar refractivity (Wildman–Crippen MR) is 133 cm³/mol. The van der Waals surface area contributed by atoms with Crippen LogP contribution in [0.25, 0.3) is 28.1 Å². The Morgan fingerprint density at radius 2 is 1.86 bits per heavy atom. The van der Waals surface area contributed by atoms with Gasteiger partial charge in [0, 0.05) is 17.8 Å². The lowest BCUT2D eigenvalue weighted by Gasteiger charge is -2.31. The van der Waals surface area contributed by atoms with Crippen molar-refractivity contribution in [3.8, 4) is 5.75 Å². The van der Waals surface area contributed by atoms with Gasteiger partial charge in [-0.15, -0.1) is 0 Å². The number of carbonyl (C=O) groups is 1. The van der Waals surface area contributed by atoms with E-state index in [1.165, 1.54) is 0 Å². The average molecular weight is 470 g/mol. The number of hydrogen-bond acceptors (Lipinski definition) is 4. The normalized spacial score (nSPS) is 14.7. The molecule has 0 spiro atoms. The van der Waals surface area contributed by atoms with E-state index in [1.54, 1.807) is 19.4 Å². The number of methoxy groups -OCH3 is 1. The monoisotopic (exact) mass is 469 g/mol. The van der Waals surface area contributed by atoms with Gasteiger partial charge in [-0.2, -0.15) is 9.49 Å². The van der Waals surface area contributed by atoms with Crippen LogP contribution in [0.15, 0.2) is 67.0 Å². The molecule has 1 aliphatic carbocycles. The van der Waals surface area contributed by atoms with E-state index in [2.05, 4.69) is 15.2 Å². The lowest BCUT2D eigenvalue weighted by atomic mass is 9.73. The Bertz CT molecular complexity index is 1450. The van der Waals surface area contributed by atoms with Crippen molar-refractivity contribution in [1.29, 1.82) is 0 Å². The molecule has 0 radical (unpaired) electrons. The molecule has 4 aromatic rings. The van der Waals surface area contributed by atoms with Gasteiger partial charge in [0.2, 0.25) is 5.95 Å². The van der Waals surface area contributed by atoms with Gasteiger partial charge in [0.1, 0.15) is 5.75 Å². The molecule has 2 N–H and O–H groups in total. The number of carboxylic acid groups (broad SMARTS) is 1. The molecule has 0 amide bonds. The molecule has 5 rings (SSSR count). The van der Waals surface area contributed by atoms with Crippen molar-refractivity contribution in [3.63, 3.8) is 0 Å². The molecule has 35 heavy (non-hydrogen) atoms. The first-order valence-corrected chi connectivity index (χ1v) is 11.4. The summed E-state index contributed by atoms with van der Waals surface area (Å²) in [5.41, 5.74) is 6.25.